The van der Waals surface area contributed by atoms with Crippen molar-refractivity contribution in [2.24, 2.45) is 0 Å². The number of unbranched alkanes of at least 4 members (excludes halogenated alkanes) is 1. The van der Waals surface area contributed by atoms with Crippen molar-refractivity contribution in [1.29, 1.82) is 0 Å². The molecule has 24 heavy (non-hydrogen) atoms. The lowest BCUT2D eigenvalue weighted by Gasteiger charge is -2.21. The van der Waals surface area contributed by atoms with Crippen LogP contribution >= 0.6 is 0 Å². The van der Waals surface area contributed by atoms with Gasteiger partial charge in [0.05, 0.1) is 18.5 Å². The molecule has 0 radical (unpaired) electrons. The SMILES string of the molecule is C[C@H](O)[C@@H](CCCCc1ccccc1)n1cnc2c(N)ncnc21. The average molecular weight is 325 g/mol. The molecule has 0 bridgehead atoms. The quantitative estimate of drug-likeness (QED) is 0.652. The summed E-state index contributed by atoms with van der Waals surface area (Å²) in [6.07, 6.45) is 6.65. The molecule has 1 aromatic carbocycles. The molecular formula is C18H23N5O. The Morgan fingerprint density at radius 3 is 2.67 bits per heavy atom. The van der Waals surface area contributed by atoms with Gasteiger partial charge in [0.2, 0.25) is 0 Å². The number of hydrogen-bond acceptors (Lipinski definition) is 5. The number of hydrogen-bond donors (Lipinski definition) is 2. The molecule has 0 spiro atoms. The summed E-state index contributed by atoms with van der Waals surface area (Å²) < 4.78 is 1.92. The van der Waals surface area contributed by atoms with E-state index < -0.39 is 6.10 Å². The van der Waals surface area contributed by atoms with Crippen LogP contribution < -0.4 is 5.73 Å². The zero-order chi connectivity index (χ0) is 16.9. The predicted octanol–water partition coefficient (Wildman–Crippen LogP) is 2.74. The van der Waals surface area contributed by atoms with Crippen LogP contribution in [-0.4, -0.2) is 30.7 Å². The van der Waals surface area contributed by atoms with Crippen LogP contribution in [0.15, 0.2) is 43.0 Å². The van der Waals surface area contributed by atoms with Crippen molar-refractivity contribution >= 4 is 17.0 Å². The van der Waals surface area contributed by atoms with E-state index in [1.165, 1.54) is 11.9 Å². The minimum absolute atomic E-state index is 0.0694. The van der Waals surface area contributed by atoms with Gasteiger partial charge in [0, 0.05) is 0 Å². The van der Waals surface area contributed by atoms with E-state index in [0.717, 1.165) is 25.7 Å². The van der Waals surface area contributed by atoms with E-state index in [4.69, 9.17) is 5.73 Å². The highest BCUT2D eigenvalue weighted by Crippen LogP contribution is 2.25. The molecule has 3 N–H and O–H groups in total. The molecular weight excluding hydrogens is 302 g/mol. The third-order valence-corrected chi connectivity index (χ3v) is 4.36. The van der Waals surface area contributed by atoms with E-state index in [1.807, 2.05) is 10.6 Å². The van der Waals surface area contributed by atoms with Crippen LogP contribution in [0, 0.1) is 0 Å². The van der Waals surface area contributed by atoms with Gasteiger partial charge in [0.1, 0.15) is 11.8 Å². The molecule has 2 atom stereocenters. The molecule has 2 heterocycles. The number of aliphatic hydroxyl groups is 1. The molecule has 0 aliphatic heterocycles. The number of rotatable bonds is 7. The smallest absolute Gasteiger partial charge is 0.165 e. The van der Waals surface area contributed by atoms with Crippen molar-refractivity contribution in [3.05, 3.63) is 48.5 Å². The standard InChI is InChI=1S/C18H23N5O/c1-13(24)15(10-6-5-9-14-7-3-2-4-8-14)23-12-22-16-17(19)20-11-21-18(16)23/h2-4,7-8,11-13,15,24H,5-6,9-10H2,1H3,(H2,19,20,21)/t13-,15+/m0/s1. The largest absolute Gasteiger partial charge is 0.391 e. The van der Waals surface area contributed by atoms with Crippen molar-refractivity contribution in [3.63, 3.8) is 0 Å². The fourth-order valence-electron chi connectivity index (χ4n) is 3.05. The monoisotopic (exact) mass is 325 g/mol. The lowest BCUT2D eigenvalue weighted by molar-refractivity contribution is 0.124. The number of imidazole rings is 1. The topological polar surface area (TPSA) is 89.8 Å². The molecule has 0 unspecified atom stereocenters. The van der Waals surface area contributed by atoms with Crippen molar-refractivity contribution < 1.29 is 5.11 Å². The van der Waals surface area contributed by atoms with Gasteiger partial charge in [-0.2, -0.15) is 0 Å². The number of aliphatic hydroxyl groups excluding tert-OH is 1. The second-order valence-corrected chi connectivity index (χ2v) is 6.12. The summed E-state index contributed by atoms with van der Waals surface area (Å²) in [7, 11) is 0. The number of nitrogens with two attached hydrogens (primary N) is 1. The summed E-state index contributed by atoms with van der Waals surface area (Å²) in [6, 6.07) is 10.4. The molecule has 0 saturated carbocycles. The van der Waals surface area contributed by atoms with E-state index in [9.17, 15) is 5.11 Å². The highest BCUT2D eigenvalue weighted by Gasteiger charge is 2.20. The maximum absolute atomic E-state index is 10.2. The summed E-state index contributed by atoms with van der Waals surface area (Å²) in [5.74, 6) is 0.368. The maximum atomic E-state index is 10.2. The molecule has 2 aromatic heterocycles. The predicted molar refractivity (Wildman–Crippen MR) is 94.5 cm³/mol. The first-order chi connectivity index (χ1) is 11.7. The number of nitrogens with zero attached hydrogens (tertiary/aromatic N) is 4. The Kier molecular flexibility index (Phi) is 5.05. The molecule has 0 fully saturated rings. The van der Waals surface area contributed by atoms with Gasteiger partial charge < -0.3 is 15.4 Å². The van der Waals surface area contributed by atoms with Crippen LogP contribution in [0.5, 0.6) is 0 Å². The molecule has 0 aliphatic rings. The Balaban J connectivity index is 1.67. The Morgan fingerprint density at radius 1 is 1.12 bits per heavy atom. The zero-order valence-electron chi connectivity index (χ0n) is 13.8. The van der Waals surface area contributed by atoms with E-state index >= 15 is 0 Å². The summed E-state index contributed by atoms with van der Waals surface area (Å²) >= 11 is 0. The zero-order valence-corrected chi connectivity index (χ0v) is 13.8. The van der Waals surface area contributed by atoms with Gasteiger partial charge in [-0.15, -0.1) is 0 Å². The molecule has 6 nitrogen and oxygen atoms in total. The van der Waals surface area contributed by atoms with Crippen LogP contribution in [0.1, 0.15) is 37.8 Å². The molecule has 0 aliphatic carbocycles. The lowest BCUT2D eigenvalue weighted by Crippen LogP contribution is -2.21. The molecule has 126 valence electrons. The van der Waals surface area contributed by atoms with Crippen molar-refractivity contribution in [2.75, 3.05) is 5.73 Å². The van der Waals surface area contributed by atoms with Crippen molar-refractivity contribution in [1.82, 2.24) is 19.5 Å². The molecule has 3 rings (SSSR count). The summed E-state index contributed by atoms with van der Waals surface area (Å²) in [5.41, 5.74) is 8.46. The summed E-state index contributed by atoms with van der Waals surface area (Å²) in [5, 5.41) is 10.2. The Labute approximate surface area is 141 Å². The maximum Gasteiger partial charge on any atom is 0.165 e. The van der Waals surface area contributed by atoms with Gasteiger partial charge in [0.25, 0.3) is 0 Å². The normalized spacial score (nSPS) is 13.9. The van der Waals surface area contributed by atoms with Crippen LogP contribution in [0.4, 0.5) is 5.82 Å². The Hall–Kier alpha value is -2.47. The first-order valence-electron chi connectivity index (χ1n) is 8.32. The average Bonchev–Trinajstić information content (AvgIpc) is 3.01. The van der Waals surface area contributed by atoms with E-state index in [-0.39, 0.29) is 6.04 Å². The van der Waals surface area contributed by atoms with Gasteiger partial charge in [0.15, 0.2) is 11.5 Å². The third-order valence-electron chi connectivity index (χ3n) is 4.36. The number of anilines is 1. The second-order valence-electron chi connectivity index (χ2n) is 6.12. The van der Waals surface area contributed by atoms with E-state index in [2.05, 4.69) is 39.2 Å². The van der Waals surface area contributed by atoms with Gasteiger partial charge >= 0.3 is 0 Å². The second kappa shape index (κ2) is 7.40. The molecule has 0 saturated heterocycles. The van der Waals surface area contributed by atoms with Gasteiger partial charge in [-0.05, 0) is 31.7 Å². The van der Waals surface area contributed by atoms with Crippen LogP contribution in [0.3, 0.4) is 0 Å². The van der Waals surface area contributed by atoms with Gasteiger partial charge in [-0.3, -0.25) is 0 Å². The summed E-state index contributed by atoms with van der Waals surface area (Å²) in [4.78, 5) is 12.5. The first-order valence-corrected chi connectivity index (χ1v) is 8.32. The molecule has 0 amide bonds. The highest BCUT2D eigenvalue weighted by molar-refractivity contribution is 5.81. The van der Waals surface area contributed by atoms with Gasteiger partial charge in [-0.1, -0.05) is 36.8 Å². The van der Waals surface area contributed by atoms with Crippen LogP contribution in [-0.2, 0) is 6.42 Å². The number of fused-ring (bicyclic) bond motifs is 1. The highest BCUT2D eigenvalue weighted by atomic mass is 16.3. The fraction of sp³-hybridized carbons (Fsp3) is 0.389. The van der Waals surface area contributed by atoms with E-state index in [0.29, 0.717) is 17.0 Å². The summed E-state index contributed by atoms with van der Waals surface area (Å²) in [6.45, 7) is 1.80. The lowest BCUT2D eigenvalue weighted by atomic mass is 10.0. The number of nitrogen functional groups attached to an aromatic ring is 1. The number of aryl methyl sites for hydroxylation is 1. The van der Waals surface area contributed by atoms with E-state index in [1.54, 1.807) is 13.3 Å². The number of aromatic nitrogens is 4. The van der Waals surface area contributed by atoms with Gasteiger partial charge in [-0.25, -0.2) is 15.0 Å². The number of benzene rings is 1. The first kappa shape index (κ1) is 16.4. The molecule has 3 aromatic rings. The minimum Gasteiger partial charge on any atom is -0.391 e. The van der Waals surface area contributed by atoms with Crippen LogP contribution in [0.2, 0.25) is 0 Å². The Morgan fingerprint density at radius 2 is 1.92 bits per heavy atom. The molecule has 6 heteroatoms. The van der Waals surface area contributed by atoms with Crippen LogP contribution in [0.25, 0.3) is 11.2 Å². The minimum atomic E-state index is -0.490. The third kappa shape index (κ3) is 3.54. The fourth-order valence-corrected chi connectivity index (χ4v) is 3.05. The Bertz CT molecular complexity index is 784. The van der Waals surface area contributed by atoms with Crippen molar-refractivity contribution in [3.8, 4) is 0 Å². The van der Waals surface area contributed by atoms with Crippen molar-refractivity contribution in [2.45, 2.75) is 44.8 Å².